The zero-order valence-electron chi connectivity index (χ0n) is 15.8. The quantitative estimate of drug-likeness (QED) is 0.301. The first-order valence-corrected chi connectivity index (χ1v) is 7.92. The second-order valence-corrected chi connectivity index (χ2v) is 3.02. The average Bonchev–Trinajstić information content (AvgIpc) is 2.66. The molecule has 0 aliphatic heterocycles. The molecule has 1 rings (SSSR count). The predicted molar refractivity (Wildman–Crippen MR) is 105 cm³/mol. The Morgan fingerprint density at radius 1 is 1.04 bits per heavy atom. The summed E-state index contributed by atoms with van der Waals surface area (Å²) in [5.74, 6) is -0.0998. The van der Waals surface area contributed by atoms with Gasteiger partial charge in [-0.25, -0.2) is 0 Å². The first-order chi connectivity index (χ1) is 11.2. The fourth-order valence-electron chi connectivity index (χ4n) is 1.21. The van der Waals surface area contributed by atoms with Crippen molar-refractivity contribution < 1.29 is 9.18 Å². The Hall–Kier alpha value is -2.16. The topological polar surface area (TPSA) is 43.1 Å². The summed E-state index contributed by atoms with van der Waals surface area (Å²) in [6.45, 7) is 19.1. The number of Topliss-reactive ketones (excluding diaryl/α,β-unsaturated/α-hetero) is 1. The average molecular weight is 323 g/mol. The van der Waals surface area contributed by atoms with Gasteiger partial charge in [0.1, 0.15) is 0 Å². The van der Waals surface area contributed by atoms with Crippen LogP contribution in [0.4, 0.5) is 10.1 Å². The maximum atomic E-state index is 11.9. The molecule has 0 atom stereocenters. The fraction of sp³-hybridized carbons (Fsp3) is 0.350. The summed E-state index contributed by atoms with van der Waals surface area (Å²) in [4.78, 5) is 11.9. The number of rotatable bonds is 4. The summed E-state index contributed by atoms with van der Waals surface area (Å²) in [5, 5.41) is 0. The number of hydrogen-bond acceptors (Lipinski definition) is 2. The molecule has 0 bridgehead atoms. The molecule has 0 amide bonds. The van der Waals surface area contributed by atoms with Crippen LogP contribution < -0.4 is 5.73 Å². The van der Waals surface area contributed by atoms with Crippen molar-refractivity contribution in [3.05, 3.63) is 66.8 Å². The van der Waals surface area contributed by atoms with Gasteiger partial charge >= 0.3 is 0 Å². The second kappa shape index (κ2) is 24.8. The smallest absolute Gasteiger partial charge is 0.193 e. The zero-order chi connectivity index (χ0) is 19.3. The van der Waals surface area contributed by atoms with Gasteiger partial charge in [-0.05, 0) is 12.1 Å². The summed E-state index contributed by atoms with van der Waals surface area (Å²) >= 11 is 0. The number of alkyl halides is 1. The van der Waals surface area contributed by atoms with Crippen molar-refractivity contribution in [2.24, 2.45) is 0 Å². The van der Waals surface area contributed by atoms with E-state index in [9.17, 15) is 9.18 Å². The molecule has 0 aromatic heterocycles. The van der Waals surface area contributed by atoms with Gasteiger partial charge in [0.25, 0.3) is 0 Å². The van der Waals surface area contributed by atoms with E-state index < -0.39 is 0 Å². The van der Waals surface area contributed by atoms with Crippen LogP contribution in [0.5, 0.6) is 0 Å². The molecular weight excluding hydrogens is 289 g/mol. The van der Waals surface area contributed by atoms with Gasteiger partial charge in [-0.2, -0.15) is 0 Å². The van der Waals surface area contributed by atoms with Crippen LogP contribution in [0.3, 0.4) is 0 Å². The molecule has 1 aromatic rings. The highest BCUT2D eigenvalue weighted by Gasteiger charge is 2.08. The minimum absolute atomic E-state index is 0.0998. The molecule has 0 aliphatic carbocycles. The van der Waals surface area contributed by atoms with Crippen molar-refractivity contribution in [1.82, 2.24) is 0 Å². The van der Waals surface area contributed by atoms with E-state index in [0.717, 1.165) is 0 Å². The Bertz CT molecular complexity index is 437. The Morgan fingerprint density at radius 2 is 1.52 bits per heavy atom. The van der Waals surface area contributed by atoms with E-state index in [2.05, 4.69) is 13.2 Å². The molecule has 1 aromatic carbocycles. The van der Waals surface area contributed by atoms with Gasteiger partial charge in [-0.1, -0.05) is 85.1 Å². The summed E-state index contributed by atoms with van der Waals surface area (Å²) in [5.41, 5.74) is 7.23. The number of halogens is 1. The fourth-order valence-corrected chi connectivity index (χ4v) is 1.21. The number of carbonyl (C=O) groups is 1. The second-order valence-electron chi connectivity index (χ2n) is 3.02. The standard InChI is InChI=1S/C13H13NO.3C2H6.CH3F/c1-3-6-10(4-2)13(15)11-7-5-8-12(14)9-11;4*1-2/h3-9H,1-2,14H2;3*1-2H3;1H3/b10-6+;;;;. The highest BCUT2D eigenvalue weighted by atomic mass is 19.1. The molecular formula is C20H34FNO. The van der Waals surface area contributed by atoms with Crippen LogP contribution in [0.25, 0.3) is 0 Å². The van der Waals surface area contributed by atoms with Crippen LogP contribution in [0, 0.1) is 0 Å². The van der Waals surface area contributed by atoms with Crippen LogP contribution in [0.2, 0.25) is 0 Å². The highest BCUT2D eigenvalue weighted by molar-refractivity contribution is 6.11. The molecule has 0 unspecified atom stereocenters. The number of ketones is 1. The molecule has 132 valence electrons. The van der Waals surface area contributed by atoms with Crippen molar-refractivity contribution in [2.75, 3.05) is 12.9 Å². The predicted octanol–water partition coefficient (Wildman–Crippen LogP) is 6.41. The van der Waals surface area contributed by atoms with E-state index in [4.69, 9.17) is 5.73 Å². The molecule has 3 heteroatoms. The van der Waals surface area contributed by atoms with Crippen molar-refractivity contribution in [2.45, 2.75) is 41.5 Å². The largest absolute Gasteiger partial charge is 0.399 e. The molecule has 0 aliphatic rings. The zero-order valence-corrected chi connectivity index (χ0v) is 15.8. The lowest BCUT2D eigenvalue weighted by Gasteiger charge is -2.01. The number of carbonyl (C=O) groups excluding carboxylic acids is 1. The number of hydrogen-bond donors (Lipinski definition) is 1. The van der Waals surface area contributed by atoms with Crippen molar-refractivity contribution >= 4 is 11.5 Å². The van der Waals surface area contributed by atoms with Gasteiger partial charge in [0, 0.05) is 16.8 Å². The van der Waals surface area contributed by atoms with Gasteiger partial charge in [-0.3, -0.25) is 9.18 Å². The van der Waals surface area contributed by atoms with E-state index in [0.29, 0.717) is 24.0 Å². The maximum Gasteiger partial charge on any atom is 0.193 e. The van der Waals surface area contributed by atoms with Crippen molar-refractivity contribution in [3.8, 4) is 0 Å². The number of nitrogen functional groups attached to an aromatic ring is 1. The molecule has 0 radical (unpaired) electrons. The molecule has 2 N–H and O–H groups in total. The Morgan fingerprint density at radius 3 is 1.87 bits per heavy atom. The molecule has 23 heavy (non-hydrogen) atoms. The van der Waals surface area contributed by atoms with E-state index in [1.165, 1.54) is 6.08 Å². The number of allylic oxidation sites excluding steroid dienone is 4. The first kappa shape index (κ1) is 28.9. The number of anilines is 1. The number of nitrogens with two attached hydrogens (primary N) is 1. The summed E-state index contributed by atoms with van der Waals surface area (Å²) in [6.07, 6.45) is 4.69. The van der Waals surface area contributed by atoms with Gasteiger partial charge in [0.05, 0.1) is 7.18 Å². The normalized spacial score (nSPS) is 8.09. The minimum Gasteiger partial charge on any atom is -0.399 e. The lowest BCUT2D eigenvalue weighted by atomic mass is 10.0. The van der Waals surface area contributed by atoms with Gasteiger partial charge < -0.3 is 5.73 Å². The monoisotopic (exact) mass is 323 g/mol. The van der Waals surface area contributed by atoms with Gasteiger partial charge in [-0.15, -0.1) is 0 Å². The minimum atomic E-state index is -0.0998. The molecule has 0 saturated heterocycles. The lowest BCUT2D eigenvalue weighted by molar-refractivity contribution is 0.103. The SMILES string of the molecule is C=C/C=C(\C=C)C(=O)c1cccc(N)c1.CC.CC.CC.CF. The third-order valence-electron chi connectivity index (χ3n) is 1.93. The van der Waals surface area contributed by atoms with E-state index in [1.54, 1.807) is 36.4 Å². The van der Waals surface area contributed by atoms with E-state index >= 15 is 0 Å². The van der Waals surface area contributed by atoms with Crippen LogP contribution in [-0.4, -0.2) is 13.0 Å². The van der Waals surface area contributed by atoms with Crippen LogP contribution >= 0.6 is 0 Å². The van der Waals surface area contributed by atoms with Crippen LogP contribution in [0.15, 0.2) is 61.2 Å². The first-order valence-electron chi connectivity index (χ1n) is 7.92. The molecule has 0 fully saturated rings. The van der Waals surface area contributed by atoms with Crippen molar-refractivity contribution in [1.29, 1.82) is 0 Å². The van der Waals surface area contributed by atoms with Gasteiger partial charge in [0.2, 0.25) is 0 Å². The highest BCUT2D eigenvalue weighted by Crippen LogP contribution is 2.12. The Labute approximate surface area is 142 Å². The summed E-state index contributed by atoms with van der Waals surface area (Å²) in [7, 11) is 0.500. The maximum absolute atomic E-state index is 11.9. The van der Waals surface area contributed by atoms with E-state index in [1.807, 2.05) is 41.5 Å². The third kappa shape index (κ3) is 14.5. The summed E-state index contributed by atoms with van der Waals surface area (Å²) < 4.78 is 9.50. The van der Waals surface area contributed by atoms with Crippen LogP contribution in [-0.2, 0) is 0 Å². The molecule has 2 nitrogen and oxygen atoms in total. The Kier molecular flexibility index (Phi) is 31.2. The molecule has 0 heterocycles. The summed E-state index contributed by atoms with van der Waals surface area (Å²) in [6, 6.07) is 6.85. The van der Waals surface area contributed by atoms with Crippen molar-refractivity contribution in [3.63, 3.8) is 0 Å². The molecule has 0 spiro atoms. The van der Waals surface area contributed by atoms with Crippen LogP contribution in [0.1, 0.15) is 51.9 Å². The molecule has 0 saturated carbocycles. The van der Waals surface area contributed by atoms with Gasteiger partial charge in [0.15, 0.2) is 5.78 Å². The Balaban J connectivity index is -0.000000196. The van der Waals surface area contributed by atoms with E-state index in [-0.39, 0.29) is 5.78 Å². The lowest BCUT2D eigenvalue weighted by Crippen LogP contribution is -2.01. The number of benzene rings is 1. The third-order valence-corrected chi connectivity index (χ3v) is 1.93.